The van der Waals surface area contributed by atoms with Gasteiger partial charge in [-0.2, -0.15) is 0 Å². The number of likely N-dealkylation sites (tertiary alicyclic amines) is 1. The van der Waals surface area contributed by atoms with E-state index < -0.39 is 15.9 Å². The van der Waals surface area contributed by atoms with Crippen LogP contribution in [0, 0.1) is 0 Å². The number of β-amino-alcohol motifs (C(OH)–C–C–N with tert-alkyl or cyclic N) is 1. The lowest BCUT2D eigenvalue weighted by molar-refractivity contribution is 0.106. The van der Waals surface area contributed by atoms with Crippen LogP contribution in [0.2, 0.25) is 0 Å². The number of aliphatic hydroxyl groups is 1. The monoisotopic (exact) mass is 345 g/mol. The van der Waals surface area contributed by atoms with Crippen molar-refractivity contribution in [3.8, 4) is 0 Å². The Bertz CT molecular complexity index is 772. The standard InChI is InChI=1S/C19H23NO3S/c1-24(22,23)17-11-9-16(10-12-17)19(21)14-20-13-5-8-18(20)15-6-3-2-4-7-15/h2-4,6-7,9-12,18-19,21H,5,8,13-14H2,1H3/t18-,19-/m1/s1. The summed E-state index contributed by atoms with van der Waals surface area (Å²) in [6.45, 7) is 1.52. The minimum Gasteiger partial charge on any atom is -0.387 e. The highest BCUT2D eigenvalue weighted by molar-refractivity contribution is 7.90. The molecule has 3 rings (SSSR count). The first-order chi connectivity index (χ1) is 11.4. The van der Waals surface area contributed by atoms with Crippen LogP contribution >= 0.6 is 0 Å². The zero-order valence-corrected chi connectivity index (χ0v) is 14.6. The Morgan fingerprint density at radius 2 is 1.79 bits per heavy atom. The van der Waals surface area contributed by atoms with Crippen molar-refractivity contribution in [1.82, 2.24) is 4.90 Å². The average Bonchev–Trinajstić information content (AvgIpc) is 3.03. The predicted octanol–water partition coefficient (Wildman–Crippen LogP) is 2.96. The smallest absolute Gasteiger partial charge is 0.175 e. The molecule has 5 heteroatoms. The molecule has 0 aromatic heterocycles. The van der Waals surface area contributed by atoms with Crippen molar-refractivity contribution in [2.24, 2.45) is 0 Å². The van der Waals surface area contributed by atoms with Gasteiger partial charge in [-0.05, 0) is 42.6 Å². The molecule has 0 radical (unpaired) electrons. The lowest BCUT2D eigenvalue weighted by Gasteiger charge is -2.27. The SMILES string of the molecule is CS(=O)(=O)c1ccc([C@H](O)CN2CCC[C@@H]2c2ccccc2)cc1. The van der Waals surface area contributed by atoms with E-state index in [1.165, 1.54) is 11.8 Å². The van der Waals surface area contributed by atoms with Gasteiger partial charge in [0.1, 0.15) is 0 Å². The first-order valence-corrected chi connectivity index (χ1v) is 10.1. The summed E-state index contributed by atoms with van der Waals surface area (Å²) in [5.74, 6) is 0. The van der Waals surface area contributed by atoms with Gasteiger partial charge < -0.3 is 5.11 Å². The molecular formula is C19H23NO3S. The van der Waals surface area contributed by atoms with E-state index in [9.17, 15) is 13.5 Å². The molecule has 0 aliphatic carbocycles. The highest BCUT2D eigenvalue weighted by Gasteiger charge is 2.27. The third-order valence-corrected chi connectivity index (χ3v) is 5.78. The van der Waals surface area contributed by atoms with Crippen LogP contribution in [0.25, 0.3) is 0 Å². The lowest BCUT2D eigenvalue weighted by Crippen LogP contribution is -2.28. The van der Waals surface area contributed by atoms with Gasteiger partial charge in [0.15, 0.2) is 9.84 Å². The van der Waals surface area contributed by atoms with E-state index in [2.05, 4.69) is 17.0 Å². The molecule has 0 bridgehead atoms. The summed E-state index contributed by atoms with van der Waals surface area (Å²) in [6, 6.07) is 17.3. The second-order valence-electron chi connectivity index (χ2n) is 6.42. The van der Waals surface area contributed by atoms with Crippen molar-refractivity contribution in [3.05, 3.63) is 65.7 Å². The molecule has 1 fully saturated rings. The van der Waals surface area contributed by atoms with Gasteiger partial charge in [-0.3, -0.25) is 4.90 Å². The average molecular weight is 345 g/mol. The summed E-state index contributed by atoms with van der Waals surface area (Å²) in [5, 5.41) is 10.5. The molecule has 0 unspecified atom stereocenters. The van der Waals surface area contributed by atoms with Crippen LogP contribution in [-0.2, 0) is 9.84 Å². The van der Waals surface area contributed by atoms with Gasteiger partial charge in [0.05, 0.1) is 11.0 Å². The van der Waals surface area contributed by atoms with Crippen LogP contribution in [0.15, 0.2) is 59.5 Å². The molecule has 1 aliphatic heterocycles. The molecule has 2 aromatic carbocycles. The quantitative estimate of drug-likeness (QED) is 0.905. The Balaban J connectivity index is 1.71. The Labute approximate surface area is 143 Å². The van der Waals surface area contributed by atoms with E-state index in [-0.39, 0.29) is 4.90 Å². The highest BCUT2D eigenvalue weighted by Crippen LogP contribution is 2.33. The Morgan fingerprint density at radius 1 is 1.12 bits per heavy atom. The molecule has 1 saturated heterocycles. The maximum atomic E-state index is 11.5. The molecule has 2 atom stereocenters. The lowest BCUT2D eigenvalue weighted by atomic mass is 10.0. The van der Waals surface area contributed by atoms with E-state index in [0.29, 0.717) is 12.6 Å². The molecule has 0 saturated carbocycles. The van der Waals surface area contributed by atoms with Crippen molar-refractivity contribution in [3.63, 3.8) is 0 Å². The molecule has 1 heterocycles. The molecular weight excluding hydrogens is 322 g/mol. The number of benzene rings is 2. The summed E-state index contributed by atoms with van der Waals surface area (Å²) in [4.78, 5) is 2.59. The fraction of sp³-hybridized carbons (Fsp3) is 0.368. The molecule has 0 spiro atoms. The summed E-state index contributed by atoms with van der Waals surface area (Å²) in [6.07, 6.45) is 2.79. The number of aliphatic hydroxyl groups excluding tert-OH is 1. The molecule has 4 nitrogen and oxygen atoms in total. The van der Waals surface area contributed by atoms with Crippen LogP contribution in [0.4, 0.5) is 0 Å². The van der Waals surface area contributed by atoms with Gasteiger partial charge in [-0.1, -0.05) is 42.5 Å². The molecule has 1 N–H and O–H groups in total. The Morgan fingerprint density at radius 3 is 2.42 bits per heavy atom. The van der Waals surface area contributed by atoms with Gasteiger partial charge in [0.25, 0.3) is 0 Å². The Kier molecular flexibility index (Phi) is 5.04. The fourth-order valence-electron chi connectivity index (χ4n) is 3.36. The first-order valence-electron chi connectivity index (χ1n) is 8.22. The van der Waals surface area contributed by atoms with Gasteiger partial charge in [0, 0.05) is 18.8 Å². The molecule has 1 aliphatic rings. The van der Waals surface area contributed by atoms with Crippen molar-refractivity contribution in [2.75, 3.05) is 19.3 Å². The predicted molar refractivity (Wildman–Crippen MR) is 94.5 cm³/mol. The van der Waals surface area contributed by atoms with Gasteiger partial charge in [-0.15, -0.1) is 0 Å². The molecule has 0 amide bonds. The Hall–Kier alpha value is -1.69. The third kappa shape index (κ3) is 3.86. The minimum atomic E-state index is -3.20. The van der Waals surface area contributed by atoms with E-state index in [4.69, 9.17) is 0 Å². The molecule has 2 aromatic rings. The van der Waals surface area contributed by atoms with Crippen molar-refractivity contribution < 1.29 is 13.5 Å². The third-order valence-electron chi connectivity index (χ3n) is 4.65. The second-order valence-corrected chi connectivity index (χ2v) is 8.44. The summed E-state index contributed by atoms with van der Waals surface area (Å²) in [7, 11) is -3.20. The van der Waals surface area contributed by atoms with E-state index in [1.807, 2.05) is 18.2 Å². The maximum absolute atomic E-state index is 11.5. The van der Waals surface area contributed by atoms with E-state index in [0.717, 1.165) is 24.9 Å². The van der Waals surface area contributed by atoms with E-state index in [1.54, 1.807) is 24.3 Å². The zero-order chi connectivity index (χ0) is 17.2. The number of sulfone groups is 1. The highest BCUT2D eigenvalue weighted by atomic mass is 32.2. The minimum absolute atomic E-state index is 0.279. The molecule has 128 valence electrons. The molecule has 24 heavy (non-hydrogen) atoms. The number of hydrogen-bond donors (Lipinski definition) is 1. The van der Waals surface area contributed by atoms with Crippen molar-refractivity contribution in [1.29, 1.82) is 0 Å². The number of nitrogens with zero attached hydrogens (tertiary/aromatic N) is 1. The van der Waals surface area contributed by atoms with Crippen LogP contribution in [0.5, 0.6) is 0 Å². The van der Waals surface area contributed by atoms with Gasteiger partial charge in [-0.25, -0.2) is 8.42 Å². The van der Waals surface area contributed by atoms with Crippen LogP contribution in [0.1, 0.15) is 36.1 Å². The summed E-state index contributed by atoms with van der Waals surface area (Å²) < 4.78 is 23.0. The van der Waals surface area contributed by atoms with Crippen LogP contribution < -0.4 is 0 Å². The topological polar surface area (TPSA) is 57.6 Å². The maximum Gasteiger partial charge on any atom is 0.175 e. The fourth-order valence-corrected chi connectivity index (χ4v) is 3.99. The zero-order valence-electron chi connectivity index (χ0n) is 13.8. The van der Waals surface area contributed by atoms with Gasteiger partial charge in [0.2, 0.25) is 0 Å². The summed E-state index contributed by atoms with van der Waals surface area (Å²) >= 11 is 0. The largest absolute Gasteiger partial charge is 0.387 e. The van der Waals surface area contributed by atoms with Crippen LogP contribution in [0.3, 0.4) is 0 Å². The number of rotatable bonds is 5. The normalized spacial score (nSPS) is 20.2. The van der Waals surface area contributed by atoms with Crippen molar-refractivity contribution in [2.45, 2.75) is 29.9 Å². The van der Waals surface area contributed by atoms with Gasteiger partial charge >= 0.3 is 0 Å². The van der Waals surface area contributed by atoms with E-state index >= 15 is 0 Å². The van der Waals surface area contributed by atoms with Crippen molar-refractivity contribution >= 4 is 9.84 Å². The van der Waals surface area contributed by atoms with Crippen LogP contribution in [-0.4, -0.2) is 37.8 Å². The first kappa shape index (κ1) is 17.1. The summed E-state index contributed by atoms with van der Waals surface area (Å²) in [5.41, 5.74) is 2.04. The second kappa shape index (κ2) is 7.05. The number of hydrogen-bond acceptors (Lipinski definition) is 4.